The summed E-state index contributed by atoms with van der Waals surface area (Å²) in [4.78, 5) is 25.7. The van der Waals surface area contributed by atoms with Gasteiger partial charge in [0.25, 0.3) is 0 Å². The molecule has 3 heterocycles. The number of methoxy groups -OCH3 is 1. The van der Waals surface area contributed by atoms with Crippen LogP contribution >= 0.6 is 0 Å². The van der Waals surface area contributed by atoms with Crippen molar-refractivity contribution in [2.24, 2.45) is 5.92 Å². The maximum absolute atomic E-state index is 12.9. The lowest BCUT2D eigenvalue weighted by atomic mass is 9.89. The van der Waals surface area contributed by atoms with Gasteiger partial charge in [-0.1, -0.05) is 24.3 Å². The van der Waals surface area contributed by atoms with E-state index in [1.54, 1.807) is 36.7 Å². The van der Waals surface area contributed by atoms with Gasteiger partial charge < -0.3 is 13.9 Å². The number of nitrogens with zero attached hydrogens (tertiary/aromatic N) is 4. The molecule has 9 heteroatoms. The topological polar surface area (TPSA) is 78.6 Å². The van der Waals surface area contributed by atoms with E-state index < -0.39 is 6.61 Å². The van der Waals surface area contributed by atoms with Crippen LogP contribution in [0.5, 0.6) is 5.75 Å². The number of carbonyl (C=O) groups excluding carboxylic acids is 1. The van der Waals surface area contributed by atoms with Gasteiger partial charge in [-0.15, -0.1) is 0 Å². The second-order valence-electron chi connectivity index (χ2n) is 9.42. The van der Waals surface area contributed by atoms with Crippen LogP contribution in [0.25, 0.3) is 22.3 Å². The highest BCUT2D eigenvalue weighted by Crippen LogP contribution is 2.31. The van der Waals surface area contributed by atoms with Crippen molar-refractivity contribution in [1.29, 1.82) is 0 Å². The Morgan fingerprint density at radius 2 is 1.95 bits per heavy atom. The van der Waals surface area contributed by atoms with E-state index in [9.17, 15) is 13.6 Å². The number of fused-ring (bicyclic) bond motifs is 1. The lowest BCUT2D eigenvalue weighted by Crippen LogP contribution is -2.18. The number of pyridine rings is 1. The van der Waals surface area contributed by atoms with Gasteiger partial charge >= 0.3 is 12.6 Å². The average molecular weight is 519 g/mol. The monoisotopic (exact) mass is 518 g/mol. The van der Waals surface area contributed by atoms with E-state index in [1.165, 1.54) is 7.11 Å². The molecule has 1 unspecified atom stereocenters. The van der Waals surface area contributed by atoms with Crippen molar-refractivity contribution in [2.45, 2.75) is 46.1 Å². The van der Waals surface area contributed by atoms with E-state index in [-0.39, 0.29) is 17.6 Å². The quantitative estimate of drug-likeness (QED) is 0.281. The molecule has 0 amide bonds. The van der Waals surface area contributed by atoms with E-state index in [0.29, 0.717) is 30.7 Å². The second-order valence-corrected chi connectivity index (χ2v) is 9.42. The van der Waals surface area contributed by atoms with E-state index in [1.807, 2.05) is 36.6 Å². The predicted octanol–water partition coefficient (Wildman–Crippen LogP) is 5.96. The molecule has 0 N–H and O–H groups in total. The molecular formula is C29H28F2N4O3. The Morgan fingerprint density at radius 1 is 1.18 bits per heavy atom. The number of allylic oxidation sites excluding steroid dienone is 2. The number of alkyl halides is 2. The van der Waals surface area contributed by atoms with Crippen molar-refractivity contribution in [1.82, 2.24) is 19.4 Å². The Labute approximate surface area is 219 Å². The van der Waals surface area contributed by atoms with Gasteiger partial charge in [0, 0.05) is 47.4 Å². The molecule has 4 aromatic rings. The van der Waals surface area contributed by atoms with Crippen molar-refractivity contribution in [3.63, 3.8) is 0 Å². The molecule has 0 aliphatic heterocycles. The summed E-state index contributed by atoms with van der Waals surface area (Å²) in [7, 11) is 1.41. The predicted molar refractivity (Wildman–Crippen MR) is 139 cm³/mol. The second kappa shape index (κ2) is 10.7. The number of hydrogen-bond acceptors (Lipinski definition) is 6. The van der Waals surface area contributed by atoms with Crippen LogP contribution < -0.4 is 4.74 Å². The van der Waals surface area contributed by atoms with Crippen LogP contribution in [0.2, 0.25) is 0 Å². The number of aromatic nitrogens is 4. The summed E-state index contributed by atoms with van der Waals surface area (Å²) in [5, 5.41) is 0. The Bertz CT molecular complexity index is 1510. The van der Waals surface area contributed by atoms with Crippen LogP contribution in [0.1, 0.15) is 47.6 Å². The van der Waals surface area contributed by atoms with Crippen molar-refractivity contribution in [2.75, 3.05) is 7.11 Å². The first-order valence-corrected chi connectivity index (χ1v) is 12.4. The first-order chi connectivity index (χ1) is 18.3. The van der Waals surface area contributed by atoms with Gasteiger partial charge in [0.2, 0.25) is 0 Å². The first-order valence-electron chi connectivity index (χ1n) is 12.4. The third kappa shape index (κ3) is 5.14. The van der Waals surface area contributed by atoms with E-state index >= 15 is 0 Å². The fourth-order valence-corrected chi connectivity index (χ4v) is 4.96. The molecule has 1 aliphatic carbocycles. The number of halogens is 2. The Morgan fingerprint density at radius 3 is 2.63 bits per heavy atom. The minimum absolute atomic E-state index is 0.112. The van der Waals surface area contributed by atoms with E-state index in [0.717, 1.165) is 45.7 Å². The average Bonchev–Trinajstić information content (AvgIpc) is 3.22. The van der Waals surface area contributed by atoms with Gasteiger partial charge in [0.1, 0.15) is 11.4 Å². The van der Waals surface area contributed by atoms with Gasteiger partial charge in [-0.2, -0.15) is 8.78 Å². The van der Waals surface area contributed by atoms with Crippen LogP contribution in [0.3, 0.4) is 0 Å². The molecule has 196 valence electrons. The largest absolute Gasteiger partial charge is 0.469 e. The molecule has 38 heavy (non-hydrogen) atoms. The summed E-state index contributed by atoms with van der Waals surface area (Å²) in [5.74, 6) is 0.523. The molecule has 5 rings (SSSR count). The van der Waals surface area contributed by atoms with Crippen molar-refractivity contribution in [3.05, 3.63) is 83.3 Å². The number of benzene rings is 1. The number of aryl methyl sites for hydroxylation is 2. The normalized spacial score (nSPS) is 15.5. The molecule has 0 saturated carbocycles. The molecule has 0 radical (unpaired) electrons. The molecule has 1 aliphatic rings. The minimum Gasteiger partial charge on any atom is -0.469 e. The molecule has 1 aromatic carbocycles. The lowest BCUT2D eigenvalue weighted by molar-refractivity contribution is -0.145. The fraction of sp³-hybridized carbons (Fsp3) is 0.310. The zero-order valence-electron chi connectivity index (χ0n) is 21.4. The van der Waals surface area contributed by atoms with Gasteiger partial charge in [-0.3, -0.25) is 4.79 Å². The maximum atomic E-state index is 12.9. The molecule has 1 atom stereocenters. The molecular weight excluding hydrogens is 490 g/mol. The molecule has 0 fully saturated rings. The number of rotatable bonds is 7. The zero-order chi connectivity index (χ0) is 26.8. The number of hydrogen-bond donors (Lipinski definition) is 0. The van der Waals surface area contributed by atoms with Crippen molar-refractivity contribution in [3.8, 4) is 16.9 Å². The van der Waals surface area contributed by atoms with E-state index in [4.69, 9.17) is 14.5 Å². The molecule has 7 nitrogen and oxygen atoms in total. The third-order valence-corrected chi connectivity index (χ3v) is 7.01. The summed E-state index contributed by atoms with van der Waals surface area (Å²) in [6, 6.07) is 8.81. The van der Waals surface area contributed by atoms with E-state index in [2.05, 4.69) is 9.97 Å². The SMILES string of the molecule is COC(=O)C1CC=C(c2ncc(-c3cn4c(Cc5ccccc5OC(F)F)c(C)nc4cc3C)cn2)CC1. The standard InChI is InChI=1S/C29H28F2N4O3/c1-17-12-26-34-18(2)24(13-21-6-4-5-7-25(21)38-29(30)31)35(26)16-23(17)22-14-32-27(33-15-22)19-8-10-20(11-9-19)28(36)37-3/h4-8,12,14-16,20,29H,9-11,13H2,1-3H3. The smallest absolute Gasteiger partial charge is 0.387 e. The summed E-state index contributed by atoms with van der Waals surface area (Å²) < 4.78 is 37.5. The van der Waals surface area contributed by atoms with Gasteiger partial charge in [0.15, 0.2) is 5.82 Å². The molecule has 0 bridgehead atoms. The summed E-state index contributed by atoms with van der Waals surface area (Å²) in [5.41, 5.74) is 6.98. The van der Waals surface area contributed by atoms with Crippen LogP contribution in [0.15, 0.2) is 55.0 Å². The minimum atomic E-state index is -2.89. The summed E-state index contributed by atoms with van der Waals surface area (Å²) in [6.45, 7) is 1.03. The summed E-state index contributed by atoms with van der Waals surface area (Å²) >= 11 is 0. The van der Waals surface area contributed by atoms with Crippen LogP contribution in [0, 0.1) is 19.8 Å². The number of ether oxygens (including phenoxy) is 2. The van der Waals surface area contributed by atoms with Crippen LogP contribution in [-0.4, -0.2) is 39.0 Å². The lowest BCUT2D eigenvalue weighted by Gasteiger charge is -2.19. The fourth-order valence-electron chi connectivity index (χ4n) is 4.96. The zero-order valence-corrected chi connectivity index (χ0v) is 21.4. The van der Waals surface area contributed by atoms with Crippen molar-refractivity contribution >= 4 is 17.2 Å². The Hall–Kier alpha value is -4.14. The number of imidazole rings is 1. The highest BCUT2D eigenvalue weighted by molar-refractivity contribution is 5.75. The highest BCUT2D eigenvalue weighted by atomic mass is 19.3. The number of carbonyl (C=O) groups is 1. The van der Waals surface area contributed by atoms with Gasteiger partial charge in [0.05, 0.1) is 18.7 Å². The van der Waals surface area contributed by atoms with Crippen molar-refractivity contribution < 1.29 is 23.0 Å². The number of para-hydroxylation sites is 1. The Kier molecular flexibility index (Phi) is 7.18. The van der Waals surface area contributed by atoms with Crippen LogP contribution in [-0.2, 0) is 16.0 Å². The van der Waals surface area contributed by atoms with Gasteiger partial charge in [-0.05, 0) is 56.4 Å². The Balaban J connectivity index is 1.44. The van der Waals surface area contributed by atoms with Crippen LogP contribution in [0.4, 0.5) is 8.78 Å². The molecule has 0 saturated heterocycles. The number of esters is 1. The summed E-state index contributed by atoms with van der Waals surface area (Å²) in [6.07, 6.45) is 10.1. The third-order valence-electron chi connectivity index (χ3n) is 7.01. The molecule has 0 spiro atoms. The maximum Gasteiger partial charge on any atom is 0.387 e. The molecule has 3 aromatic heterocycles. The first kappa shape index (κ1) is 25.5. The van der Waals surface area contributed by atoms with Gasteiger partial charge in [-0.25, -0.2) is 15.0 Å². The highest BCUT2D eigenvalue weighted by Gasteiger charge is 2.23.